The first-order valence-corrected chi connectivity index (χ1v) is 9.68. The van der Waals surface area contributed by atoms with Crippen LogP contribution in [-0.2, 0) is 5.41 Å². The fraction of sp³-hybridized carbons (Fsp3) is 0.125. The minimum absolute atomic E-state index is 0.0638. The highest BCUT2D eigenvalue weighted by molar-refractivity contribution is 5.79. The molecule has 3 aromatic heterocycles. The topological polar surface area (TPSA) is 43.1 Å². The zero-order valence-electron chi connectivity index (χ0n) is 15.6. The molecule has 0 spiro atoms. The summed E-state index contributed by atoms with van der Waals surface area (Å²) in [5, 5.41) is 1.14. The van der Waals surface area contributed by atoms with Gasteiger partial charge >= 0.3 is 0 Å². The molecule has 5 heteroatoms. The summed E-state index contributed by atoms with van der Waals surface area (Å²) in [4.78, 5) is 13.5. The van der Waals surface area contributed by atoms with Crippen LogP contribution >= 0.6 is 0 Å². The van der Waals surface area contributed by atoms with Gasteiger partial charge in [-0.15, -0.1) is 0 Å². The summed E-state index contributed by atoms with van der Waals surface area (Å²) in [6.45, 7) is 0. The van der Waals surface area contributed by atoms with Crippen LogP contribution in [-0.4, -0.2) is 19.4 Å². The number of pyridine rings is 1. The van der Waals surface area contributed by atoms with Crippen molar-refractivity contribution in [3.8, 4) is 11.1 Å². The van der Waals surface area contributed by atoms with E-state index in [1.165, 1.54) is 17.7 Å². The van der Waals surface area contributed by atoms with Crippen LogP contribution in [0.1, 0.15) is 24.1 Å². The Morgan fingerprint density at radius 1 is 0.862 bits per heavy atom. The average molecular weight is 380 g/mol. The van der Waals surface area contributed by atoms with Gasteiger partial charge in [-0.05, 0) is 54.3 Å². The summed E-state index contributed by atoms with van der Waals surface area (Å²) in [5.41, 5.74) is 5.01. The van der Waals surface area contributed by atoms with Crippen LogP contribution in [0.2, 0.25) is 0 Å². The molecule has 0 atom stereocenters. The van der Waals surface area contributed by atoms with Gasteiger partial charge in [-0.2, -0.15) is 0 Å². The second-order valence-corrected chi connectivity index (χ2v) is 7.66. The van der Waals surface area contributed by atoms with Gasteiger partial charge in [0, 0.05) is 35.0 Å². The van der Waals surface area contributed by atoms with Gasteiger partial charge < -0.3 is 0 Å². The lowest BCUT2D eigenvalue weighted by Gasteiger charge is -2.16. The molecule has 1 saturated carbocycles. The summed E-state index contributed by atoms with van der Waals surface area (Å²) in [5.74, 6) is 0.408. The Kier molecular flexibility index (Phi) is 3.36. The number of hydrogen-bond acceptors (Lipinski definition) is 3. The molecular formula is C24H17FN4. The molecule has 1 fully saturated rings. The molecule has 0 saturated heterocycles. The van der Waals surface area contributed by atoms with Crippen molar-refractivity contribution < 1.29 is 4.39 Å². The summed E-state index contributed by atoms with van der Waals surface area (Å²) in [6, 6.07) is 17.2. The molecule has 0 amide bonds. The predicted molar refractivity (Wildman–Crippen MR) is 110 cm³/mol. The largest absolute Gasteiger partial charge is 0.287 e. The van der Waals surface area contributed by atoms with Crippen molar-refractivity contribution in [1.29, 1.82) is 0 Å². The number of fused-ring (bicyclic) bond motifs is 2. The zero-order chi connectivity index (χ0) is 19.4. The van der Waals surface area contributed by atoms with E-state index in [1.54, 1.807) is 12.3 Å². The van der Waals surface area contributed by atoms with Gasteiger partial charge in [0.2, 0.25) is 5.78 Å². The number of nitrogens with zero attached hydrogens (tertiary/aromatic N) is 4. The molecule has 3 heterocycles. The van der Waals surface area contributed by atoms with Crippen molar-refractivity contribution in [2.45, 2.75) is 18.3 Å². The van der Waals surface area contributed by atoms with E-state index in [4.69, 9.17) is 0 Å². The van der Waals surface area contributed by atoms with E-state index < -0.39 is 0 Å². The fourth-order valence-electron chi connectivity index (χ4n) is 4.24. The monoisotopic (exact) mass is 380 g/mol. The highest BCUT2D eigenvalue weighted by Crippen LogP contribution is 2.53. The van der Waals surface area contributed by atoms with Crippen molar-refractivity contribution in [2.75, 3.05) is 0 Å². The van der Waals surface area contributed by atoms with E-state index in [-0.39, 0.29) is 11.2 Å². The molecule has 0 aliphatic heterocycles. The number of aromatic nitrogens is 4. The highest BCUT2D eigenvalue weighted by Gasteiger charge is 2.48. The molecule has 4 nitrogen and oxygen atoms in total. The Morgan fingerprint density at radius 3 is 2.62 bits per heavy atom. The maximum absolute atomic E-state index is 13.7. The van der Waals surface area contributed by atoms with Crippen LogP contribution in [0, 0.1) is 5.82 Å². The van der Waals surface area contributed by atoms with Gasteiger partial charge in [-0.3, -0.25) is 9.38 Å². The molecular weight excluding hydrogens is 363 g/mol. The lowest BCUT2D eigenvalue weighted by atomic mass is 9.91. The van der Waals surface area contributed by atoms with E-state index in [9.17, 15) is 4.39 Å². The van der Waals surface area contributed by atoms with E-state index >= 15 is 0 Å². The first-order chi connectivity index (χ1) is 14.2. The molecule has 0 radical (unpaired) electrons. The molecule has 6 rings (SSSR count). The van der Waals surface area contributed by atoms with Crippen LogP contribution in [0.3, 0.4) is 0 Å². The van der Waals surface area contributed by atoms with Crippen molar-refractivity contribution in [3.63, 3.8) is 0 Å². The van der Waals surface area contributed by atoms with E-state index in [2.05, 4.69) is 43.6 Å². The summed E-state index contributed by atoms with van der Waals surface area (Å²) >= 11 is 0. The maximum Gasteiger partial charge on any atom is 0.233 e. The van der Waals surface area contributed by atoms with Gasteiger partial charge in [-0.25, -0.2) is 14.4 Å². The quantitative estimate of drug-likeness (QED) is 0.434. The molecule has 0 bridgehead atoms. The summed E-state index contributed by atoms with van der Waals surface area (Å²) in [7, 11) is 0. The first-order valence-electron chi connectivity index (χ1n) is 9.68. The van der Waals surface area contributed by atoms with Gasteiger partial charge in [0.15, 0.2) is 0 Å². The Bertz CT molecular complexity index is 1380. The van der Waals surface area contributed by atoms with Gasteiger partial charge in [0.1, 0.15) is 5.82 Å². The normalized spacial score (nSPS) is 15.1. The van der Waals surface area contributed by atoms with Crippen LogP contribution in [0.15, 0.2) is 79.4 Å². The lowest BCUT2D eigenvalue weighted by Crippen LogP contribution is -2.12. The predicted octanol–water partition coefficient (Wildman–Crippen LogP) is 5.16. The fourth-order valence-corrected chi connectivity index (χ4v) is 4.24. The number of halogens is 1. The van der Waals surface area contributed by atoms with Crippen molar-refractivity contribution in [1.82, 2.24) is 19.4 Å². The van der Waals surface area contributed by atoms with E-state index in [1.807, 2.05) is 30.7 Å². The van der Waals surface area contributed by atoms with Crippen LogP contribution in [0.5, 0.6) is 0 Å². The lowest BCUT2D eigenvalue weighted by molar-refractivity contribution is 0.628. The zero-order valence-corrected chi connectivity index (χ0v) is 15.6. The van der Waals surface area contributed by atoms with Crippen LogP contribution in [0.4, 0.5) is 4.39 Å². The molecule has 0 N–H and O–H groups in total. The van der Waals surface area contributed by atoms with E-state index in [0.29, 0.717) is 5.78 Å². The van der Waals surface area contributed by atoms with Crippen LogP contribution < -0.4 is 0 Å². The van der Waals surface area contributed by atoms with Gasteiger partial charge in [0.25, 0.3) is 0 Å². The third-order valence-electron chi connectivity index (χ3n) is 5.92. The number of hydrogen-bond donors (Lipinski definition) is 0. The Balaban J connectivity index is 1.50. The summed E-state index contributed by atoms with van der Waals surface area (Å²) in [6.07, 6.45) is 9.65. The molecule has 1 aliphatic carbocycles. The van der Waals surface area contributed by atoms with Crippen molar-refractivity contribution in [3.05, 3.63) is 96.5 Å². The Morgan fingerprint density at radius 2 is 1.76 bits per heavy atom. The smallest absolute Gasteiger partial charge is 0.233 e. The Labute approximate surface area is 166 Å². The van der Waals surface area contributed by atoms with Crippen molar-refractivity contribution >= 4 is 16.7 Å². The standard InChI is InChI=1S/C24H17FN4/c25-20-5-1-3-16(12-20)18-13-27-23-28-14-22(29(23)15-18)24(8-9-24)19-6-7-21-17(11-19)4-2-10-26-21/h1-7,10-15H,8-9H2. The summed E-state index contributed by atoms with van der Waals surface area (Å²) < 4.78 is 15.7. The minimum Gasteiger partial charge on any atom is -0.287 e. The number of rotatable bonds is 3. The molecule has 5 aromatic rings. The molecule has 1 aliphatic rings. The number of benzene rings is 2. The molecule has 0 unspecified atom stereocenters. The minimum atomic E-state index is -0.253. The van der Waals surface area contributed by atoms with Crippen molar-refractivity contribution in [2.24, 2.45) is 0 Å². The SMILES string of the molecule is Fc1cccc(-c2cnc3ncc(C4(c5ccc6ncccc6c5)CC4)n3c2)c1. The second kappa shape index (κ2) is 5.95. The van der Waals surface area contributed by atoms with Crippen LogP contribution in [0.25, 0.3) is 27.8 Å². The third-order valence-corrected chi connectivity index (χ3v) is 5.92. The number of imidazole rings is 1. The maximum atomic E-state index is 13.7. The third kappa shape index (κ3) is 2.54. The second-order valence-electron chi connectivity index (χ2n) is 7.66. The average Bonchev–Trinajstić information content (AvgIpc) is 3.45. The van der Waals surface area contributed by atoms with Gasteiger partial charge in [-0.1, -0.05) is 24.3 Å². The molecule has 140 valence electrons. The van der Waals surface area contributed by atoms with E-state index in [0.717, 1.165) is 40.6 Å². The first kappa shape index (κ1) is 16.4. The van der Waals surface area contributed by atoms with Gasteiger partial charge in [0.05, 0.1) is 17.4 Å². The highest BCUT2D eigenvalue weighted by atomic mass is 19.1. The molecule has 2 aromatic carbocycles. The Hall–Kier alpha value is -3.60. The molecule has 29 heavy (non-hydrogen) atoms.